The van der Waals surface area contributed by atoms with Gasteiger partial charge in [0, 0.05) is 24.7 Å². The van der Waals surface area contributed by atoms with E-state index in [2.05, 4.69) is 0 Å². The van der Waals surface area contributed by atoms with Gasteiger partial charge in [0.2, 0.25) is 0 Å². The second kappa shape index (κ2) is 6.77. The molecule has 0 spiro atoms. The van der Waals surface area contributed by atoms with E-state index in [0.717, 1.165) is 12.8 Å². The van der Waals surface area contributed by atoms with Crippen molar-refractivity contribution < 1.29 is 19.0 Å². The van der Waals surface area contributed by atoms with Crippen molar-refractivity contribution in [3.63, 3.8) is 0 Å². The van der Waals surface area contributed by atoms with Crippen molar-refractivity contribution in [2.75, 3.05) is 19.8 Å². The molecule has 1 saturated carbocycles. The van der Waals surface area contributed by atoms with Crippen LogP contribution in [0.5, 0.6) is 0 Å². The number of carbonyl (C=O) groups is 1. The number of esters is 1. The van der Waals surface area contributed by atoms with Gasteiger partial charge in [0.25, 0.3) is 0 Å². The zero-order valence-electron chi connectivity index (χ0n) is 10.9. The fraction of sp³-hybridized carbons (Fsp3) is 0.769. The molecule has 1 aliphatic carbocycles. The van der Waals surface area contributed by atoms with Crippen molar-refractivity contribution in [2.45, 2.75) is 39.9 Å². The van der Waals surface area contributed by atoms with Crippen LogP contribution in [0.3, 0.4) is 0 Å². The van der Waals surface area contributed by atoms with Gasteiger partial charge in [-0.05, 0) is 33.6 Å². The summed E-state index contributed by atoms with van der Waals surface area (Å²) in [5, 5.41) is 0. The van der Waals surface area contributed by atoms with Gasteiger partial charge in [0.1, 0.15) is 0 Å². The molecule has 17 heavy (non-hydrogen) atoms. The maximum absolute atomic E-state index is 11.3. The maximum atomic E-state index is 11.3. The zero-order valence-corrected chi connectivity index (χ0v) is 10.9. The minimum Gasteiger partial charge on any atom is -0.463 e. The van der Waals surface area contributed by atoms with Crippen molar-refractivity contribution in [3.8, 4) is 0 Å². The fourth-order valence-electron chi connectivity index (χ4n) is 1.73. The van der Waals surface area contributed by atoms with Crippen LogP contribution in [0.15, 0.2) is 12.2 Å². The zero-order chi connectivity index (χ0) is 12.7. The second-order valence-corrected chi connectivity index (χ2v) is 4.06. The van der Waals surface area contributed by atoms with Gasteiger partial charge < -0.3 is 14.2 Å². The first-order chi connectivity index (χ1) is 8.18. The van der Waals surface area contributed by atoms with Gasteiger partial charge in [-0.2, -0.15) is 0 Å². The first-order valence-corrected chi connectivity index (χ1v) is 6.27. The van der Waals surface area contributed by atoms with Gasteiger partial charge in [0.15, 0.2) is 6.29 Å². The first-order valence-electron chi connectivity index (χ1n) is 6.27. The largest absolute Gasteiger partial charge is 0.463 e. The van der Waals surface area contributed by atoms with Crippen molar-refractivity contribution in [3.05, 3.63) is 12.2 Å². The number of hydrogen-bond donors (Lipinski definition) is 0. The Morgan fingerprint density at radius 1 is 1.18 bits per heavy atom. The molecular formula is C13H22O4. The lowest BCUT2D eigenvalue weighted by atomic mass is 10.1. The smallest absolute Gasteiger partial charge is 0.330 e. The van der Waals surface area contributed by atoms with Crippen LogP contribution >= 0.6 is 0 Å². The van der Waals surface area contributed by atoms with Crippen molar-refractivity contribution >= 4 is 5.97 Å². The summed E-state index contributed by atoms with van der Waals surface area (Å²) in [5.41, 5.74) is -0.126. The summed E-state index contributed by atoms with van der Waals surface area (Å²) >= 11 is 0. The summed E-state index contributed by atoms with van der Waals surface area (Å²) in [6.45, 7) is 7.30. The van der Waals surface area contributed by atoms with Gasteiger partial charge in [-0.3, -0.25) is 0 Å². The third kappa shape index (κ3) is 4.13. The SMILES string of the molecule is CCOC(=O)/C=C/C1(C(OCC)OCC)CC1. The summed E-state index contributed by atoms with van der Waals surface area (Å²) in [6.07, 6.45) is 5.10. The standard InChI is InChI=1S/C13H22O4/c1-4-15-11(14)7-8-13(9-10-13)12(16-5-2)17-6-3/h7-8,12H,4-6,9-10H2,1-3H3/b8-7+. The van der Waals surface area contributed by atoms with Crippen LogP contribution < -0.4 is 0 Å². The van der Waals surface area contributed by atoms with Crippen LogP contribution in [-0.4, -0.2) is 32.1 Å². The topological polar surface area (TPSA) is 44.8 Å². The Bertz CT molecular complexity index is 263. The number of ether oxygens (including phenoxy) is 3. The number of carbonyl (C=O) groups excluding carboxylic acids is 1. The van der Waals surface area contributed by atoms with Crippen molar-refractivity contribution in [1.29, 1.82) is 0 Å². The molecule has 98 valence electrons. The molecule has 1 aliphatic rings. The van der Waals surface area contributed by atoms with Gasteiger partial charge in [-0.1, -0.05) is 6.08 Å². The Balaban J connectivity index is 2.56. The Labute approximate surface area is 103 Å². The predicted octanol–water partition coefficient (Wildman–Crippen LogP) is 2.29. The quantitative estimate of drug-likeness (QED) is 0.372. The van der Waals surface area contributed by atoms with E-state index < -0.39 is 0 Å². The normalized spacial score (nSPS) is 17.6. The Hall–Kier alpha value is -0.870. The fourth-order valence-corrected chi connectivity index (χ4v) is 1.73. The molecule has 0 unspecified atom stereocenters. The summed E-state index contributed by atoms with van der Waals surface area (Å²) in [7, 11) is 0. The molecule has 0 aromatic carbocycles. The third-order valence-electron chi connectivity index (χ3n) is 2.77. The molecule has 1 fully saturated rings. The van der Waals surface area contributed by atoms with Crippen molar-refractivity contribution in [1.82, 2.24) is 0 Å². The van der Waals surface area contributed by atoms with Crippen LogP contribution in [0, 0.1) is 5.41 Å². The summed E-state index contributed by atoms with van der Waals surface area (Å²) in [6, 6.07) is 0. The molecule has 0 N–H and O–H groups in total. The average Bonchev–Trinajstić information content (AvgIpc) is 3.08. The lowest BCUT2D eigenvalue weighted by Crippen LogP contribution is -2.27. The van der Waals surface area contributed by atoms with Crippen molar-refractivity contribution in [2.24, 2.45) is 5.41 Å². The van der Waals surface area contributed by atoms with Crippen LogP contribution in [0.2, 0.25) is 0 Å². The lowest BCUT2D eigenvalue weighted by Gasteiger charge is -2.23. The Morgan fingerprint density at radius 2 is 1.76 bits per heavy atom. The molecule has 0 aromatic rings. The molecule has 0 aromatic heterocycles. The summed E-state index contributed by atoms with van der Waals surface area (Å²) in [4.78, 5) is 11.3. The van der Waals surface area contributed by atoms with Gasteiger partial charge in [-0.25, -0.2) is 4.79 Å². The molecule has 4 heteroatoms. The minimum absolute atomic E-state index is 0.126. The average molecular weight is 242 g/mol. The maximum Gasteiger partial charge on any atom is 0.330 e. The lowest BCUT2D eigenvalue weighted by molar-refractivity contribution is -0.165. The van der Waals surface area contributed by atoms with E-state index in [4.69, 9.17) is 14.2 Å². The minimum atomic E-state index is -0.300. The van der Waals surface area contributed by atoms with E-state index >= 15 is 0 Å². The van der Waals surface area contributed by atoms with Crippen LogP contribution in [0.4, 0.5) is 0 Å². The Kier molecular flexibility index (Phi) is 5.65. The number of rotatable bonds is 8. The molecule has 1 rings (SSSR count). The molecule has 0 atom stereocenters. The van der Waals surface area contributed by atoms with Crippen LogP contribution in [-0.2, 0) is 19.0 Å². The van der Waals surface area contributed by atoms with Crippen LogP contribution in [0.1, 0.15) is 33.6 Å². The van der Waals surface area contributed by atoms with Gasteiger partial charge in [0.05, 0.1) is 6.61 Å². The summed E-state index contributed by atoms with van der Waals surface area (Å²) < 4.78 is 16.0. The van der Waals surface area contributed by atoms with E-state index in [-0.39, 0.29) is 17.7 Å². The molecule has 0 radical (unpaired) electrons. The predicted molar refractivity (Wildman–Crippen MR) is 64.5 cm³/mol. The molecule has 0 saturated heterocycles. The molecule has 4 nitrogen and oxygen atoms in total. The van der Waals surface area contributed by atoms with Gasteiger partial charge >= 0.3 is 5.97 Å². The molecule has 0 heterocycles. The molecule has 0 amide bonds. The highest BCUT2D eigenvalue weighted by Crippen LogP contribution is 2.51. The van der Waals surface area contributed by atoms with E-state index in [1.54, 1.807) is 6.92 Å². The van der Waals surface area contributed by atoms with Crippen LogP contribution in [0.25, 0.3) is 0 Å². The van der Waals surface area contributed by atoms with Gasteiger partial charge in [-0.15, -0.1) is 0 Å². The van der Waals surface area contributed by atoms with E-state index in [1.165, 1.54) is 6.08 Å². The second-order valence-electron chi connectivity index (χ2n) is 4.06. The highest BCUT2D eigenvalue weighted by Gasteiger charge is 2.49. The highest BCUT2D eigenvalue weighted by molar-refractivity contribution is 5.82. The highest BCUT2D eigenvalue weighted by atomic mass is 16.7. The van der Waals surface area contributed by atoms with E-state index in [1.807, 2.05) is 19.9 Å². The monoisotopic (exact) mass is 242 g/mol. The Morgan fingerprint density at radius 3 is 2.18 bits per heavy atom. The molecule has 0 aliphatic heterocycles. The summed E-state index contributed by atoms with van der Waals surface area (Å²) in [5.74, 6) is -0.300. The number of hydrogen-bond acceptors (Lipinski definition) is 4. The third-order valence-corrected chi connectivity index (χ3v) is 2.77. The van der Waals surface area contributed by atoms with E-state index in [0.29, 0.717) is 19.8 Å². The molecule has 0 bridgehead atoms. The van der Waals surface area contributed by atoms with E-state index in [9.17, 15) is 4.79 Å². The molecular weight excluding hydrogens is 220 g/mol. The first kappa shape index (κ1) is 14.2.